The van der Waals surface area contributed by atoms with Crippen LogP contribution in [0.4, 0.5) is 21.5 Å². The number of carbonyl (C=O) groups excluding carboxylic acids is 1. The lowest BCUT2D eigenvalue weighted by atomic mass is 10.1. The summed E-state index contributed by atoms with van der Waals surface area (Å²) in [7, 11) is 0. The van der Waals surface area contributed by atoms with E-state index in [1.807, 2.05) is 6.92 Å². The van der Waals surface area contributed by atoms with Crippen molar-refractivity contribution in [1.29, 1.82) is 5.26 Å². The topological polar surface area (TPSA) is 113 Å². The molecule has 1 aromatic heterocycles. The molecule has 31 heavy (non-hydrogen) atoms. The van der Waals surface area contributed by atoms with E-state index in [1.54, 1.807) is 19.1 Å². The molecule has 0 unspecified atom stereocenters. The molecule has 0 aliphatic heterocycles. The number of benzene rings is 2. The maximum atomic E-state index is 13.5. The van der Waals surface area contributed by atoms with E-state index >= 15 is 0 Å². The van der Waals surface area contributed by atoms with Gasteiger partial charge >= 0.3 is 0 Å². The summed E-state index contributed by atoms with van der Waals surface area (Å²) >= 11 is 5.88. The summed E-state index contributed by atoms with van der Waals surface area (Å²) < 4.78 is 19.2. The maximum absolute atomic E-state index is 13.5. The second kappa shape index (κ2) is 9.32. The lowest BCUT2D eigenvalue weighted by Crippen LogP contribution is -2.20. The van der Waals surface area contributed by atoms with Crippen molar-refractivity contribution < 1.29 is 13.9 Å². The minimum absolute atomic E-state index is 0.0470. The SMILES string of the molecule is C/C=C(\N)C(=O)Nc1cc2c(Nc3ccc(F)c(Cl)c3)c(C#N)cnc2cc1OCC. The third-order valence-corrected chi connectivity index (χ3v) is 4.69. The predicted molar refractivity (Wildman–Crippen MR) is 119 cm³/mol. The van der Waals surface area contributed by atoms with E-state index in [1.165, 1.54) is 30.5 Å². The minimum atomic E-state index is -0.555. The number of nitrogens with zero attached hydrogens (tertiary/aromatic N) is 2. The molecule has 0 saturated carbocycles. The second-order valence-corrected chi connectivity index (χ2v) is 6.82. The van der Waals surface area contributed by atoms with Gasteiger partial charge in [0.1, 0.15) is 17.6 Å². The molecular formula is C22H19ClFN5O2. The van der Waals surface area contributed by atoms with Gasteiger partial charge in [0.25, 0.3) is 5.91 Å². The Kier molecular flexibility index (Phi) is 6.58. The highest BCUT2D eigenvalue weighted by molar-refractivity contribution is 6.31. The molecule has 0 radical (unpaired) electrons. The molecule has 3 aromatic rings. The summed E-state index contributed by atoms with van der Waals surface area (Å²) in [6.45, 7) is 3.83. The number of pyridine rings is 1. The van der Waals surface area contributed by atoms with Gasteiger partial charge in [0.15, 0.2) is 0 Å². The third-order valence-electron chi connectivity index (χ3n) is 4.40. The predicted octanol–water partition coefficient (Wildman–Crippen LogP) is 4.84. The van der Waals surface area contributed by atoms with Gasteiger partial charge < -0.3 is 21.1 Å². The van der Waals surface area contributed by atoms with Crippen molar-refractivity contribution in [2.24, 2.45) is 5.73 Å². The molecule has 0 saturated heterocycles. The number of amides is 1. The van der Waals surface area contributed by atoms with Crippen LogP contribution in [-0.4, -0.2) is 17.5 Å². The Hall–Kier alpha value is -3.83. The van der Waals surface area contributed by atoms with Gasteiger partial charge in [0.05, 0.1) is 39.8 Å². The van der Waals surface area contributed by atoms with Crippen LogP contribution in [0.5, 0.6) is 5.75 Å². The second-order valence-electron chi connectivity index (χ2n) is 6.41. The molecule has 3 rings (SSSR count). The first-order chi connectivity index (χ1) is 14.9. The van der Waals surface area contributed by atoms with Crippen LogP contribution in [-0.2, 0) is 4.79 Å². The zero-order valence-electron chi connectivity index (χ0n) is 16.8. The average molecular weight is 440 g/mol. The van der Waals surface area contributed by atoms with Crippen molar-refractivity contribution >= 4 is 45.5 Å². The van der Waals surface area contributed by atoms with Gasteiger partial charge in [-0.3, -0.25) is 9.78 Å². The van der Waals surface area contributed by atoms with E-state index in [-0.39, 0.29) is 16.3 Å². The molecule has 158 valence electrons. The summed E-state index contributed by atoms with van der Waals surface area (Å²) in [5.41, 5.74) is 7.79. The van der Waals surface area contributed by atoms with Crippen LogP contribution < -0.4 is 21.1 Å². The molecule has 0 fully saturated rings. The molecule has 0 bridgehead atoms. The number of fused-ring (bicyclic) bond motifs is 1. The van der Waals surface area contributed by atoms with Gasteiger partial charge in [-0.05, 0) is 38.1 Å². The molecular weight excluding hydrogens is 421 g/mol. The first kappa shape index (κ1) is 21.9. The number of hydrogen-bond donors (Lipinski definition) is 3. The van der Waals surface area contributed by atoms with Gasteiger partial charge in [-0.1, -0.05) is 17.7 Å². The number of rotatable bonds is 6. The van der Waals surface area contributed by atoms with E-state index in [9.17, 15) is 14.4 Å². The van der Waals surface area contributed by atoms with Crippen LogP contribution >= 0.6 is 11.6 Å². The van der Waals surface area contributed by atoms with E-state index in [4.69, 9.17) is 22.1 Å². The van der Waals surface area contributed by atoms with Crippen molar-refractivity contribution in [2.75, 3.05) is 17.2 Å². The number of nitrogens with one attached hydrogen (secondary N) is 2. The molecule has 0 spiro atoms. The Labute approximate surface area is 183 Å². The van der Waals surface area contributed by atoms with Crippen molar-refractivity contribution in [3.8, 4) is 11.8 Å². The highest BCUT2D eigenvalue weighted by Gasteiger charge is 2.16. The molecule has 2 aromatic carbocycles. The largest absolute Gasteiger partial charge is 0.492 e. The summed E-state index contributed by atoms with van der Waals surface area (Å²) in [5, 5.41) is 15.9. The molecule has 0 aliphatic carbocycles. The molecule has 9 heteroatoms. The summed E-state index contributed by atoms with van der Waals surface area (Å²) in [4.78, 5) is 16.6. The van der Waals surface area contributed by atoms with Gasteiger partial charge in [-0.2, -0.15) is 5.26 Å². The normalized spacial score (nSPS) is 11.1. The van der Waals surface area contributed by atoms with Crippen molar-refractivity contribution in [3.05, 3.63) is 64.7 Å². The number of hydrogen-bond acceptors (Lipinski definition) is 6. The maximum Gasteiger partial charge on any atom is 0.271 e. The minimum Gasteiger partial charge on any atom is -0.492 e. The number of carbonyl (C=O) groups is 1. The van der Waals surface area contributed by atoms with Crippen molar-refractivity contribution in [2.45, 2.75) is 13.8 Å². The Balaban J connectivity index is 2.17. The zero-order chi connectivity index (χ0) is 22.5. The summed E-state index contributed by atoms with van der Waals surface area (Å²) in [5.74, 6) is -0.646. The zero-order valence-corrected chi connectivity index (χ0v) is 17.5. The highest BCUT2D eigenvalue weighted by Crippen LogP contribution is 2.36. The third kappa shape index (κ3) is 4.68. The molecule has 1 amide bonds. The molecule has 0 aliphatic rings. The van der Waals surface area contributed by atoms with Crippen LogP contribution in [0.25, 0.3) is 10.9 Å². The Morgan fingerprint density at radius 3 is 2.81 bits per heavy atom. The fourth-order valence-electron chi connectivity index (χ4n) is 2.86. The molecule has 0 atom stereocenters. The first-order valence-corrected chi connectivity index (χ1v) is 9.70. The first-order valence-electron chi connectivity index (χ1n) is 9.32. The van der Waals surface area contributed by atoms with Gasteiger partial charge in [0.2, 0.25) is 0 Å². The van der Waals surface area contributed by atoms with Crippen molar-refractivity contribution in [1.82, 2.24) is 4.98 Å². The number of nitrogens with two attached hydrogens (primary N) is 1. The Morgan fingerprint density at radius 1 is 1.39 bits per heavy atom. The van der Waals surface area contributed by atoms with Crippen molar-refractivity contribution in [3.63, 3.8) is 0 Å². The fourth-order valence-corrected chi connectivity index (χ4v) is 3.04. The highest BCUT2D eigenvalue weighted by atomic mass is 35.5. The lowest BCUT2D eigenvalue weighted by molar-refractivity contribution is -0.112. The smallest absolute Gasteiger partial charge is 0.271 e. The van der Waals surface area contributed by atoms with E-state index in [2.05, 4.69) is 21.7 Å². The standard InChI is InChI=1S/C22H19ClFN5O2/c1-3-17(26)22(30)29-19-8-14-18(9-20(19)31-4-2)27-11-12(10-25)21(14)28-13-5-6-16(24)15(23)7-13/h3,5-9,11H,4,26H2,1-2H3,(H,27,28)(H,29,30)/b17-3-. The Morgan fingerprint density at radius 2 is 2.16 bits per heavy atom. The lowest BCUT2D eigenvalue weighted by Gasteiger charge is -2.16. The van der Waals surface area contributed by atoms with Crippen LogP contribution in [0.2, 0.25) is 5.02 Å². The number of anilines is 3. The van der Waals surface area contributed by atoms with Crippen LogP contribution in [0.1, 0.15) is 19.4 Å². The number of halogens is 2. The van der Waals surface area contributed by atoms with Gasteiger partial charge in [-0.25, -0.2) is 4.39 Å². The molecule has 7 nitrogen and oxygen atoms in total. The fraction of sp³-hybridized carbons (Fsp3) is 0.136. The number of ether oxygens (including phenoxy) is 1. The molecule has 4 N–H and O–H groups in total. The van der Waals surface area contributed by atoms with E-state index < -0.39 is 11.7 Å². The monoisotopic (exact) mass is 439 g/mol. The quantitative estimate of drug-likeness (QED) is 0.473. The molecule has 1 heterocycles. The Bertz CT molecular complexity index is 1240. The summed E-state index contributed by atoms with van der Waals surface area (Å²) in [6, 6.07) is 9.51. The van der Waals surface area contributed by atoms with Crippen LogP contribution in [0, 0.1) is 17.1 Å². The average Bonchev–Trinajstić information content (AvgIpc) is 2.76. The van der Waals surface area contributed by atoms with E-state index in [0.717, 1.165) is 0 Å². The number of allylic oxidation sites excluding steroid dienone is 1. The van der Waals surface area contributed by atoms with Gasteiger partial charge in [0, 0.05) is 23.3 Å². The van der Waals surface area contributed by atoms with Crippen LogP contribution in [0.3, 0.4) is 0 Å². The number of nitriles is 1. The summed E-state index contributed by atoms with van der Waals surface area (Å²) in [6.07, 6.45) is 2.90. The van der Waals surface area contributed by atoms with E-state index in [0.29, 0.717) is 40.3 Å². The van der Waals surface area contributed by atoms with Gasteiger partial charge in [-0.15, -0.1) is 0 Å². The van der Waals surface area contributed by atoms with Crippen LogP contribution in [0.15, 0.2) is 48.3 Å². The number of aromatic nitrogens is 1.